The Hall–Kier alpha value is -1.96. The Labute approximate surface area is 101 Å². The summed E-state index contributed by atoms with van der Waals surface area (Å²) in [4.78, 5) is 15.4. The van der Waals surface area contributed by atoms with E-state index in [2.05, 4.69) is 24.0 Å². The van der Waals surface area contributed by atoms with Crippen molar-refractivity contribution in [3.05, 3.63) is 65.5 Å². The van der Waals surface area contributed by atoms with Crippen molar-refractivity contribution in [2.45, 2.75) is 19.3 Å². The van der Waals surface area contributed by atoms with Crippen LogP contribution in [0.4, 0.5) is 0 Å². The SMILES string of the molecule is Cc1ccccc1CC(C=O)c1ccccn1. The highest BCUT2D eigenvalue weighted by Crippen LogP contribution is 2.19. The van der Waals surface area contributed by atoms with E-state index >= 15 is 0 Å². The predicted octanol–water partition coefficient (Wildman–Crippen LogP) is 2.92. The lowest BCUT2D eigenvalue weighted by Gasteiger charge is -2.11. The first kappa shape index (κ1) is 11.5. The molecule has 0 N–H and O–H groups in total. The fourth-order valence-electron chi connectivity index (χ4n) is 1.89. The van der Waals surface area contributed by atoms with Crippen LogP contribution in [0.2, 0.25) is 0 Å². The van der Waals surface area contributed by atoms with Crippen molar-refractivity contribution >= 4 is 6.29 Å². The maximum absolute atomic E-state index is 11.2. The van der Waals surface area contributed by atoms with Crippen molar-refractivity contribution < 1.29 is 4.79 Å². The normalized spacial score (nSPS) is 12.1. The Morgan fingerprint density at radius 1 is 1.18 bits per heavy atom. The summed E-state index contributed by atoms with van der Waals surface area (Å²) in [6, 6.07) is 13.8. The van der Waals surface area contributed by atoms with E-state index in [4.69, 9.17) is 0 Å². The molecular weight excluding hydrogens is 210 g/mol. The van der Waals surface area contributed by atoms with E-state index in [9.17, 15) is 4.79 Å². The van der Waals surface area contributed by atoms with Crippen LogP contribution in [0.15, 0.2) is 48.7 Å². The lowest BCUT2D eigenvalue weighted by atomic mass is 9.94. The third-order valence-electron chi connectivity index (χ3n) is 2.93. The fourth-order valence-corrected chi connectivity index (χ4v) is 1.89. The van der Waals surface area contributed by atoms with E-state index in [0.717, 1.165) is 12.0 Å². The van der Waals surface area contributed by atoms with Crippen molar-refractivity contribution in [1.29, 1.82) is 0 Å². The molecule has 0 aliphatic rings. The summed E-state index contributed by atoms with van der Waals surface area (Å²) in [5, 5.41) is 0. The zero-order chi connectivity index (χ0) is 12.1. The maximum Gasteiger partial charge on any atom is 0.129 e. The molecule has 0 bridgehead atoms. The summed E-state index contributed by atoms with van der Waals surface area (Å²) < 4.78 is 0. The van der Waals surface area contributed by atoms with Crippen LogP contribution in [-0.2, 0) is 11.2 Å². The molecule has 0 saturated heterocycles. The summed E-state index contributed by atoms with van der Waals surface area (Å²) in [7, 11) is 0. The van der Waals surface area contributed by atoms with Crippen LogP contribution in [0, 0.1) is 6.92 Å². The van der Waals surface area contributed by atoms with Gasteiger partial charge in [0.05, 0.1) is 11.6 Å². The van der Waals surface area contributed by atoms with Gasteiger partial charge in [-0.15, -0.1) is 0 Å². The number of pyridine rings is 1. The lowest BCUT2D eigenvalue weighted by Crippen LogP contribution is -2.07. The fraction of sp³-hybridized carbons (Fsp3) is 0.200. The summed E-state index contributed by atoms with van der Waals surface area (Å²) >= 11 is 0. The van der Waals surface area contributed by atoms with Crippen LogP contribution in [0.5, 0.6) is 0 Å². The molecule has 2 rings (SSSR count). The molecule has 17 heavy (non-hydrogen) atoms. The minimum absolute atomic E-state index is 0.155. The molecule has 86 valence electrons. The quantitative estimate of drug-likeness (QED) is 0.749. The molecule has 2 aromatic rings. The van der Waals surface area contributed by atoms with E-state index < -0.39 is 0 Å². The second-order valence-electron chi connectivity index (χ2n) is 4.13. The number of carbonyl (C=O) groups excluding carboxylic acids is 1. The van der Waals surface area contributed by atoms with Gasteiger partial charge in [0.15, 0.2) is 0 Å². The zero-order valence-electron chi connectivity index (χ0n) is 9.84. The van der Waals surface area contributed by atoms with E-state index in [1.165, 1.54) is 11.1 Å². The number of nitrogens with zero attached hydrogens (tertiary/aromatic N) is 1. The molecule has 0 aliphatic carbocycles. The highest BCUT2D eigenvalue weighted by Gasteiger charge is 2.13. The topological polar surface area (TPSA) is 30.0 Å². The van der Waals surface area contributed by atoms with Gasteiger partial charge in [-0.2, -0.15) is 0 Å². The van der Waals surface area contributed by atoms with Gasteiger partial charge in [-0.05, 0) is 36.6 Å². The predicted molar refractivity (Wildman–Crippen MR) is 67.9 cm³/mol. The zero-order valence-corrected chi connectivity index (χ0v) is 9.84. The Morgan fingerprint density at radius 2 is 1.94 bits per heavy atom. The summed E-state index contributed by atoms with van der Waals surface area (Å²) in [5.74, 6) is -0.155. The average molecular weight is 225 g/mol. The molecule has 0 radical (unpaired) electrons. The molecule has 0 amide bonds. The van der Waals surface area contributed by atoms with Gasteiger partial charge in [0.25, 0.3) is 0 Å². The van der Waals surface area contributed by atoms with Crippen molar-refractivity contribution in [2.75, 3.05) is 0 Å². The van der Waals surface area contributed by atoms with Gasteiger partial charge >= 0.3 is 0 Å². The Balaban J connectivity index is 2.22. The van der Waals surface area contributed by atoms with Crippen molar-refractivity contribution in [3.8, 4) is 0 Å². The first-order valence-electron chi connectivity index (χ1n) is 5.72. The number of benzene rings is 1. The highest BCUT2D eigenvalue weighted by atomic mass is 16.1. The number of hydrogen-bond donors (Lipinski definition) is 0. The van der Waals surface area contributed by atoms with E-state index in [1.807, 2.05) is 30.3 Å². The van der Waals surface area contributed by atoms with Gasteiger partial charge in [0.2, 0.25) is 0 Å². The number of carbonyl (C=O) groups is 1. The molecule has 2 heteroatoms. The third-order valence-corrected chi connectivity index (χ3v) is 2.93. The van der Waals surface area contributed by atoms with E-state index in [-0.39, 0.29) is 5.92 Å². The van der Waals surface area contributed by atoms with Crippen LogP contribution in [0.25, 0.3) is 0 Å². The van der Waals surface area contributed by atoms with Crippen LogP contribution >= 0.6 is 0 Å². The average Bonchev–Trinajstić information content (AvgIpc) is 2.39. The molecule has 0 fully saturated rings. The Bertz CT molecular complexity index is 493. The Kier molecular flexibility index (Phi) is 3.66. The molecule has 2 nitrogen and oxygen atoms in total. The largest absolute Gasteiger partial charge is 0.303 e. The van der Waals surface area contributed by atoms with Gasteiger partial charge in [-0.25, -0.2) is 0 Å². The molecule has 0 aliphatic heterocycles. The molecule has 1 unspecified atom stereocenters. The van der Waals surface area contributed by atoms with Crippen molar-refractivity contribution in [2.24, 2.45) is 0 Å². The van der Waals surface area contributed by atoms with Crippen LogP contribution in [0.1, 0.15) is 22.7 Å². The summed E-state index contributed by atoms with van der Waals surface area (Å²) in [6.45, 7) is 2.07. The maximum atomic E-state index is 11.2. The molecule has 1 atom stereocenters. The molecule has 0 spiro atoms. The number of aldehydes is 1. The lowest BCUT2D eigenvalue weighted by molar-refractivity contribution is -0.109. The van der Waals surface area contributed by atoms with Crippen molar-refractivity contribution in [3.63, 3.8) is 0 Å². The minimum atomic E-state index is -0.155. The number of aryl methyl sites for hydroxylation is 1. The smallest absolute Gasteiger partial charge is 0.129 e. The monoisotopic (exact) mass is 225 g/mol. The van der Waals surface area contributed by atoms with Gasteiger partial charge in [-0.1, -0.05) is 30.3 Å². The second kappa shape index (κ2) is 5.39. The second-order valence-corrected chi connectivity index (χ2v) is 4.13. The van der Waals surface area contributed by atoms with Crippen LogP contribution in [0.3, 0.4) is 0 Å². The van der Waals surface area contributed by atoms with Gasteiger partial charge in [-0.3, -0.25) is 4.98 Å². The standard InChI is InChI=1S/C15H15NO/c1-12-6-2-3-7-13(12)10-14(11-17)15-8-4-5-9-16-15/h2-9,11,14H,10H2,1H3. The van der Waals surface area contributed by atoms with E-state index in [1.54, 1.807) is 6.20 Å². The van der Waals surface area contributed by atoms with E-state index in [0.29, 0.717) is 6.42 Å². The third kappa shape index (κ3) is 2.78. The molecule has 1 aromatic heterocycles. The summed E-state index contributed by atoms with van der Waals surface area (Å²) in [6.07, 6.45) is 3.42. The highest BCUT2D eigenvalue weighted by molar-refractivity contribution is 5.61. The number of aromatic nitrogens is 1. The van der Waals surface area contributed by atoms with Crippen molar-refractivity contribution in [1.82, 2.24) is 4.98 Å². The summed E-state index contributed by atoms with van der Waals surface area (Å²) in [5.41, 5.74) is 3.26. The minimum Gasteiger partial charge on any atom is -0.303 e. The molecule has 0 saturated carbocycles. The number of hydrogen-bond acceptors (Lipinski definition) is 2. The van der Waals surface area contributed by atoms with Gasteiger partial charge in [0, 0.05) is 6.20 Å². The molecule has 1 aromatic carbocycles. The molecular formula is C15H15NO. The van der Waals surface area contributed by atoms with Gasteiger partial charge in [0.1, 0.15) is 6.29 Å². The number of rotatable bonds is 4. The van der Waals surface area contributed by atoms with Gasteiger partial charge < -0.3 is 4.79 Å². The first-order chi connectivity index (χ1) is 8.31. The molecule has 1 heterocycles. The Morgan fingerprint density at radius 3 is 2.59 bits per heavy atom. The van der Waals surface area contributed by atoms with Crippen LogP contribution < -0.4 is 0 Å². The van der Waals surface area contributed by atoms with Crippen LogP contribution in [-0.4, -0.2) is 11.3 Å². The first-order valence-corrected chi connectivity index (χ1v) is 5.72.